The summed E-state index contributed by atoms with van der Waals surface area (Å²) in [6, 6.07) is 5.34. The lowest BCUT2D eigenvalue weighted by molar-refractivity contribution is 0.0527. The number of likely N-dealkylation sites (N-methyl/N-ethyl adjacent to an activating group) is 1. The van der Waals surface area contributed by atoms with Crippen LogP contribution in [0.25, 0.3) is 10.8 Å². The molecule has 156 valence electrons. The lowest BCUT2D eigenvalue weighted by Crippen LogP contribution is -2.39. The number of halogens is 4. The number of benzene rings is 2. The smallest absolute Gasteiger partial charge is 0.322 e. The van der Waals surface area contributed by atoms with E-state index in [0.717, 1.165) is 12.1 Å². The van der Waals surface area contributed by atoms with Crippen molar-refractivity contribution in [2.75, 3.05) is 19.0 Å². The van der Waals surface area contributed by atoms with Crippen LogP contribution < -0.4 is 10.9 Å². The molecule has 10 heteroatoms. The van der Waals surface area contributed by atoms with Crippen LogP contribution in [0, 0.1) is 11.6 Å². The fourth-order valence-corrected chi connectivity index (χ4v) is 3.77. The van der Waals surface area contributed by atoms with Gasteiger partial charge in [0.2, 0.25) is 0 Å². The van der Waals surface area contributed by atoms with Crippen LogP contribution in [0.2, 0.25) is 10.0 Å². The van der Waals surface area contributed by atoms with Gasteiger partial charge in [-0.15, -0.1) is 0 Å². The number of ether oxygens (including phenoxy) is 1. The van der Waals surface area contributed by atoms with Gasteiger partial charge in [0.05, 0.1) is 34.7 Å². The summed E-state index contributed by atoms with van der Waals surface area (Å²) in [7, 11) is 1.53. The van der Waals surface area contributed by atoms with Gasteiger partial charge < -0.3 is 19.9 Å². The Morgan fingerprint density at radius 3 is 2.57 bits per heavy atom. The third-order valence-electron chi connectivity index (χ3n) is 5.00. The standard InChI is InChI=1S/C20H15Cl2F2N3O3/c1-27(20(29)25-9-2-3-12(21)13(22)4-9)17-8-30-7-16-18(17)10-5-14(23)15(24)6-11(10)19(28)26-16/h2-6,17H,7-8H2,1H3,(H,25,29)(H,26,28)/t17-/m1/s1. The van der Waals surface area contributed by atoms with Gasteiger partial charge in [-0.1, -0.05) is 23.2 Å². The van der Waals surface area contributed by atoms with E-state index in [1.807, 2.05) is 0 Å². The first-order chi connectivity index (χ1) is 14.3. The molecule has 0 saturated carbocycles. The van der Waals surface area contributed by atoms with E-state index in [1.54, 1.807) is 12.1 Å². The molecule has 1 aromatic heterocycles. The Balaban J connectivity index is 1.73. The number of hydrogen-bond acceptors (Lipinski definition) is 3. The predicted octanol–water partition coefficient (Wildman–Crippen LogP) is 4.85. The van der Waals surface area contributed by atoms with Gasteiger partial charge in [0.15, 0.2) is 11.6 Å². The molecule has 0 fully saturated rings. The van der Waals surface area contributed by atoms with Gasteiger partial charge in [-0.25, -0.2) is 13.6 Å². The monoisotopic (exact) mass is 453 g/mol. The highest BCUT2D eigenvalue weighted by Crippen LogP contribution is 2.34. The molecule has 0 bridgehead atoms. The highest BCUT2D eigenvalue weighted by Gasteiger charge is 2.31. The maximum Gasteiger partial charge on any atom is 0.322 e. The minimum absolute atomic E-state index is 0.00200. The van der Waals surface area contributed by atoms with E-state index in [-0.39, 0.29) is 29.0 Å². The topological polar surface area (TPSA) is 74.4 Å². The molecule has 6 nitrogen and oxygen atoms in total. The second kappa shape index (κ2) is 7.86. The molecular weight excluding hydrogens is 439 g/mol. The zero-order valence-electron chi connectivity index (χ0n) is 15.6. The molecule has 0 radical (unpaired) electrons. The number of H-pyrrole nitrogens is 1. The molecule has 2 N–H and O–H groups in total. The summed E-state index contributed by atoms with van der Waals surface area (Å²) >= 11 is 11.9. The van der Waals surface area contributed by atoms with Gasteiger partial charge in [-0.05, 0) is 35.7 Å². The maximum absolute atomic E-state index is 14.0. The van der Waals surface area contributed by atoms with E-state index >= 15 is 0 Å². The quantitative estimate of drug-likeness (QED) is 0.582. The van der Waals surface area contributed by atoms with E-state index in [2.05, 4.69) is 10.3 Å². The number of anilines is 1. The fraction of sp³-hybridized carbons (Fsp3) is 0.200. The van der Waals surface area contributed by atoms with Crippen LogP contribution in [0.1, 0.15) is 17.3 Å². The van der Waals surface area contributed by atoms with Crippen LogP contribution in [0.5, 0.6) is 0 Å². The molecule has 4 rings (SSSR count). The normalized spacial score (nSPS) is 15.7. The first-order valence-corrected chi connectivity index (χ1v) is 9.62. The predicted molar refractivity (Wildman–Crippen MR) is 110 cm³/mol. The minimum Gasteiger partial charge on any atom is -0.373 e. The minimum atomic E-state index is -1.12. The van der Waals surface area contributed by atoms with Crippen LogP contribution in [0.4, 0.5) is 19.3 Å². The van der Waals surface area contributed by atoms with E-state index in [1.165, 1.54) is 18.0 Å². The van der Waals surface area contributed by atoms with Gasteiger partial charge in [0.25, 0.3) is 5.56 Å². The molecule has 2 heterocycles. The number of aromatic amines is 1. The third kappa shape index (κ3) is 3.62. The molecule has 1 atom stereocenters. The molecule has 0 unspecified atom stereocenters. The Bertz CT molecular complexity index is 1230. The molecule has 3 aromatic rings. The van der Waals surface area contributed by atoms with Crippen LogP contribution >= 0.6 is 23.2 Å². The number of fused-ring (bicyclic) bond motifs is 3. The van der Waals surface area contributed by atoms with Crippen LogP contribution in [-0.4, -0.2) is 29.6 Å². The van der Waals surface area contributed by atoms with Crippen molar-refractivity contribution in [3.63, 3.8) is 0 Å². The first kappa shape index (κ1) is 20.6. The van der Waals surface area contributed by atoms with Crippen LogP contribution in [0.15, 0.2) is 35.1 Å². The van der Waals surface area contributed by atoms with Gasteiger partial charge in [-0.3, -0.25) is 4.79 Å². The zero-order chi connectivity index (χ0) is 21.6. The lowest BCUT2D eigenvalue weighted by atomic mass is 9.95. The summed E-state index contributed by atoms with van der Waals surface area (Å²) in [5.74, 6) is -2.20. The Hall–Kier alpha value is -2.68. The van der Waals surface area contributed by atoms with E-state index in [0.29, 0.717) is 22.0 Å². The zero-order valence-corrected chi connectivity index (χ0v) is 17.1. The van der Waals surface area contributed by atoms with Crippen molar-refractivity contribution in [3.8, 4) is 0 Å². The molecule has 0 aliphatic carbocycles. The number of nitrogens with zero attached hydrogens (tertiary/aromatic N) is 1. The summed E-state index contributed by atoms with van der Waals surface area (Å²) in [6.45, 7) is 0.191. The summed E-state index contributed by atoms with van der Waals surface area (Å²) in [5, 5.41) is 3.56. The van der Waals surface area contributed by atoms with Crippen molar-refractivity contribution in [1.29, 1.82) is 0 Å². The first-order valence-electron chi connectivity index (χ1n) is 8.86. The Morgan fingerprint density at radius 1 is 1.17 bits per heavy atom. The average molecular weight is 454 g/mol. The van der Waals surface area contributed by atoms with Crippen molar-refractivity contribution >= 4 is 45.7 Å². The third-order valence-corrected chi connectivity index (χ3v) is 5.74. The van der Waals surface area contributed by atoms with Crippen LogP contribution in [-0.2, 0) is 11.3 Å². The molecule has 1 aliphatic rings. The molecule has 2 amide bonds. The molecule has 30 heavy (non-hydrogen) atoms. The largest absolute Gasteiger partial charge is 0.373 e. The number of pyridine rings is 1. The summed E-state index contributed by atoms with van der Waals surface area (Å²) in [4.78, 5) is 29.1. The number of carbonyl (C=O) groups excluding carboxylic acids is 1. The Kier molecular flexibility index (Phi) is 5.40. The number of urea groups is 1. The second-order valence-electron chi connectivity index (χ2n) is 6.86. The van der Waals surface area contributed by atoms with Crippen molar-refractivity contribution in [2.45, 2.75) is 12.6 Å². The van der Waals surface area contributed by atoms with Crippen molar-refractivity contribution in [2.24, 2.45) is 0 Å². The molecule has 0 spiro atoms. The summed E-state index contributed by atoms with van der Waals surface area (Å²) in [5.41, 5.74) is 0.776. The Morgan fingerprint density at radius 2 is 1.87 bits per heavy atom. The van der Waals surface area contributed by atoms with Crippen molar-refractivity contribution in [3.05, 3.63) is 73.6 Å². The SMILES string of the molecule is CN(C(=O)Nc1ccc(Cl)c(Cl)c1)[C@@H]1COCc2[nH]c(=O)c3cc(F)c(F)cc3c21. The molecule has 1 aliphatic heterocycles. The van der Waals surface area contributed by atoms with Gasteiger partial charge in [-0.2, -0.15) is 0 Å². The van der Waals surface area contributed by atoms with Crippen LogP contribution in [0.3, 0.4) is 0 Å². The summed E-state index contributed by atoms with van der Waals surface area (Å²) in [6.07, 6.45) is 0. The van der Waals surface area contributed by atoms with Crippen molar-refractivity contribution < 1.29 is 18.3 Å². The number of nitrogens with one attached hydrogen (secondary N) is 2. The van der Waals surface area contributed by atoms with Gasteiger partial charge in [0, 0.05) is 24.0 Å². The average Bonchev–Trinajstić information content (AvgIpc) is 2.71. The van der Waals surface area contributed by atoms with E-state index in [4.69, 9.17) is 27.9 Å². The molecule has 2 aromatic carbocycles. The lowest BCUT2D eigenvalue weighted by Gasteiger charge is -2.33. The highest BCUT2D eigenvalue weighted by molar-refractivity contribution is 6.42. The van der Waals surface area contributed by atoms with E-state index in [9.17, 15) is 18.4 Å². The van der Waals surface area contributed by atoms with Gasteiger partial charge >= 0.3 is 6.03 Å². The fourth-order valence-electron chi connectivity index (χ4n) is 3.47. The number of aromatic nitrogens is 1. The van der Waals surface area contributed by atoms with E-state index < -0.39 is 29.3 Å². The number of hydrogen-bond donors (Lipinski definition) is 2. The maximum atomic E-state index is 14.0. The molecule has 0 saturated heterocycles. The number of amides is 2. The summed E-state index contributed by atoms with van der Waals surface area (Å²) < 4.78 is 33.2. The molecular formula is C20H15Cl2F2N3O3. The number of carbonyl (C=O) groups is 1. The van der Waals surface area contributed by atoms with Gasteiger partial charge in [0.1, 0.15) is 0 Å². The Labute approximate surface area is 179 Å². The van der Waals surface area contributed by atoms with Crippen molar-refractivity contribution in [1.82, 2.24) is 9.88 Å². The number of rotatable bonds is 2. The second-order valence-corrected chi connectivity index (χ2v) is 7.67. The highest BCUT2D eigenvalue weighted by atomic mass is 35.5.